The molecular weight excluding hydrogens is 306 g/mol. The van der Waals surface area contributed by atoms with Crippen LogP contribution in [-0.4, -0.2) is 32.8 Å². The summed E-state index contributed by atoms with van der Waals surface area (Å²) in [7, 11) is 1.64. The van der Waals surface area contributed by atoms with Gasteiger partial charge in [-0.2, -0.15) is 0 Å². The van der Waals surface area contributed by atoms with Crippen molar-refractivity contribution in [2.45, 2.75) is 13.3 Å². The summed E-state index contributed by atoms with van der Waals surface area (Å²) in [5.41, 5.74) is 1.19. The van der Waals surface area contributed by atoms with Crippen molar-refractivity contribution in [3.63, 3.8) is 0 Å². The van der Waals surface area contributed by atoms with E-state index in [2.05, 4.69) is 5.32 Å². The summed E-state index contributed by atoms with van der Waals surface area (Å²) in [5.74, 6) is 1.98. The number of carbonyl (C=O) groups excluding carboxylic acids is 1. The highest BCUT2D eigenvalue weighted by Crippen LogP contribution is 2.24. The van der Waals surface area contributed by atoms with Gasteiger partial charge in [0, 0.05) is 20.3 Å². The number of ether oxygens (including phenoxy) is 3. The molecule has 5 heteroatoms. The van der Waals surface area contributed by atoms with E-state index in [4.69, 9.17) is 14.2 Å². The lowest BCUT2D eigenvalue weighted by molar-refractivity contribution is -0.123. The van der Waals surface area contributed by atoms with E-state index in [0.29, 0.717) is 18.9 Å². The minimum atomic E-state index is -0.147. The Labute approximate surface area is 142 Å². The first-order valence-electron chi connectivity index (χ1n) is 7.90. The summed E-state index contributed by atoms with van der Waals surface area (Å²) < 4.78 is 16.1. The molecule has 0 fully saturated rings. The molecule has 1 N–H and O–H groups in total. The predicted octanol–water partition coefficient (Wildman–Crippen LogP) is 3.32. The molecule has 1 amide bonds. The molecule has 0 bridgehead atoms. The molecule has 0 unspecified atom stereocenters. The molecule has 0 aromatic heterocycles. The van der Waals surface area contributed by atoms with Crippen molar-refractivity contribution in [1.29, 1.82) is 0 Å². The van der Waals surface area contributed by atoms with Gasteiger partial charge in [-0.3, -0.25) is 4.79 Å². The van der Waals surface area contributed by atoms with E-state index in [0.717, 1.165) is 17.9 Å². The summed E-state index contributed by atoms with van der Waals surface area (Å²) in [5, 5.41) is 2.77. The second-order valence-corrected chi connectivity index (χ2v) is 5.37. The molecule has 2 rings (SSSR count). The Morgan fingerprint density at radius 2 is 1.54 bits per heavy atom. The van der Waals surface area contributed by atoms with Crippen LogP contribution >= 0.6 is 0 Å². The van der Waals surface area contributed by atoms with Gasteiger partial charge in [0.15, 0.2) is 6.61 Å². The smallest absolute Gasteiger partial charge is 0.257 e. The first kappa shape index (κ1) is 17.8. The Morgan fingerprint density at radius 3 is 2.17 bits per heavy atom. The number of methoxy groups -OCH3 is 1. The van der Waals surface area contributed by atoms with Gasteiger partial charge in [0.05, 0.1) is 0 Å². The highest BCUT2D eigenvalue weighted by Gasteiger charge is 2.03. The van der Waals surface area contributed by atoms with Crippen LogP contribution in [0, 0.1) is 6.92 Å². The topological polar surface area (TPSA) is 56.8 Å². The van der Waals surface area contributed by atoms with E-state index in [1.807, 2.05) is 43.3 Å². The maximum absolute atomic E-state index is 11.6. The van der Waals surface area contributed by atoms with E-state index in [-0.39, 0.29) is 12.5 Å². The third-order valence-corrected chi connectivity index (χ3v) is 3.30. The van der Waals surface area contributed by atoms with E-state index in [9.17, 15) is 4.79 Å². The van der Waals surface area contributed by atoms with E-state index in [1.165, 1.54) is 5.56 Å². The normalized spacial score (nSPS) is 10.2. The van der Waals surface area contributed by atoms with Gasteiger partial charge in [0.25, 0.3) is 5.91 Å². The molecule has 0 saturated heterocycles. The standard InChI is InChI=1S/C19H23NO4/c1-15-4-6-17(7-5-15)24-18-10-8-16(9-11-18)23-14-19(21)20-12-3-13-22-2/h4-11H,3,12-14H2,1-2H3,(H,20,21). The number of nitrogens with one attached hydrogen (secondary N) is 1. The number of carbonyl (C=O) groups is 1. The fourth-order valence-electron chi connectivity index (χ4n) is 1.99. The Hall–Kier alpha value is -2.53. The summed E-state index contributed by atoms with van der Waals surface area (Å²) >= 11 is 0. The van der Waals surface area contributed by atoms with Gasteiger partial charge in [-0.15, -0.1) is 0 Å². The number of benzene rings is 2. The Balaban J connectivity index is 1.75. The lowest BCUT2D eigenvalue weighted by Gasteiger charge is -2.09. The molecule has 128 valence electrons. The van der Waals surface area contributed by atoms with Gasteiger partial charge in [-0.25, -0.2) is 0 Å². The molecule has 0 aliphatic heterocycles. The first-order chi connectivity index (χ1) is 11.7. The molecule has 0 aliphatic rings. The highest BCUT2D eigenvalue weighted by molar-refractivity contribution is 5.77. The molecule has 0 spiro atoms. The van der Waals surface area contributed by atoms with Crippen LogP contribution in [0.1, 0.15) is 12.0 Å². The summed E-state index contributed by atoms with van der Waals surface area (Å²) in [6.45, 7) is 3.23. The molecular formula is C19H23NO4. The quantitative estimate of drug-likeness (QED) is 0.717. The van der Waals surface area contributed by atoms with E-state index < -0.39 is 0 Å². The molecule has 0 heterocycles. The van der Waals surface area contributed by atoms with Crippen LogP contribution in [0.2, 0.25) is 0 Å². The van der Waals surface area contributed by atoms with E-state index in [1.54, 1.807) is 19.2 Å². The minimum Gasteiger partial charge on any atom is -0.484 e. The first-order valence-corrected chi connectivity index (χ1v) is 7.90. The molecule has 0 saturated carbocycles. The van der Waals surface area contributed by atoms with Crippen molar-refractivity contribution in [3.05, 3.63) is 54.1 Å². The number of rotatable bonds is 9. The molecule has 0 radical (unpaired) electrons. The highest BCUT2D eigenvalue weighted by atomic mass is 16.5. The molecule has 2 aromatic rings. The number of hydrogen-bond acceptors (Lipinski definition) is 4. The summed E-state index contributed by atoms with van der Waals surface area (Å²) in [4.78, 5) is 11.6. The SMILES string of the molecule is COCCCNC(=O)COc1ccc(Oc2ccc(C)cc2)cc1. The number of amides is 1. The van der Waals surface area contributed by atoms with Crippen molar-refractivity contribution < 1.29 is 19.0 Å². The van der Waals surface area contributed by atoms with Crippen LogP contribution in [0.25, 0.3) is 0 Å². The Kier molecular flexibility index (Phi) is 7.11. The zero-order valence-electron chi connectivity index (χ0n) is 14.1. The average molecular weight is 329 g/mol. The average Bonchev–Trinajstić information content (AvgIpc) is 2.60. The third kappa shape index (κ3) is 6.30. The van der Waals surface area contributed by atoms with Crippen LogP contribution in [0.4, 0.5) is 0 Å². The van der Waals surface area contributed by atoms with Gasteiger partial charge in [0.1, 0.15) is 17.2 Å². The van der Waals surface area contributed by atoms with Crippen LogP contribution in [0.5, 0.6) is 17.2 Å². The van der Waals surface area contributed by atoms with Crippen molar-refractivity contribution in [3.8, 4) is 17.2 Å². The van der Waals surface area contributed by atoms with Gasteiger partial charge in [0.2, 0.25) is 0 Å². The van der Waals surface area contributed by atoms with Gasteiger partial charge in [-0.05, 0) is 49.7 Å². The lowest BCUT2D eigenvalue weighted by Crippen LogP contribution is -2.30. The largest absolute Gasteiger partial charge is 0.484 e. The van der Waals surface area contributed by atoms with Crippen molar-refractivity contribution in [1.82, 2.24) is 5.32 Å². The predicted molar refractivity (Wildman–Crippen MR) is 92.7 cm³/mol. The second kappa shape index (κ2) is 9.57. The van der Waals surface area contributed by atoms with Crippen LogP contribution < -0.4 is 14.8 Å². The lowest BCUT2D eigenvalue weighted by atomic mass is 10.2. The number of hydrogen-bond donors (Lipinski definition) is 1. The molecule has 24 heavy (non-hydrogen) atoms. The fourth-order valence-corrected chi connectivity index (χ4v) is 1.99. The number of aryl methyl sites for hydroxylation is 1. The van der Waals surface area contributed by atoms with Gasteiger partial charge >= 0.3 is 0 Å². The maximum Gasteiger partial charge on any atom is 0.257 e. The monoisotopic (exact) mass is 329 g/mol. The summed E-state index contributed by atoms with van der Waals surface area (Å²) in [6.07, 6.45) is 0.785. The van der Waals surface area contributed by atoms with E-state index >= 15 is 0 Å². The zero-order chi connectivity index (χ0) is 17.2. The van der Waals surface area contributed by atoms with Crippen molar-refractivity contribution in [2.24, 2.45) is 0 Å². The molecule has 0 atom stereocenters. The van der Waals surface area contributed by atoms with Gasteiger partial charge < -0.3 is 19.5 Å². The fraction of sp³-hybridized carbons (Fsp3) is 0.316. The molecule has 5 nitrogen and oxygen atoms in total. The van der Waals surface area contributed by atoms with Crippen molar-refractivity contribution in [2.75, 3.05) is 26.9 Å². The second-order valence-electron chi connectivity index (χ2n) is 5.37. The molecule has 2 aromatic carbocycles. The minimum absolute atomic E-state index is 0.00878. The van der Waals surface area contributed by atoms with Crippen LogP contribution in [-0.2, 0) is 9.53 Å². The Bertz CT molecular complexity index is 623. The maximum atomic E-state index is 11.6. The van der Waals surface area contributed by atoms with Crippen LogP contribution in [0.3, 0.4) is 0 Å². The van der Waals surface area contributed by atoms with Crippen LogP contribution in [0.15, 0.2) is 48.5 Å². The third-order valence-electron chi connectivity index (χ3n) is 3.30. The van der Waals surface area contributed by atoms with Crippen molar-refractivity contribution >= 4 is 5.91 Å². The Morgan fingerprint density at radius 1 is 0.958 bits per heavy atom. The molecule has 0 aliphatic carbocycles. The summed E-state index contributed by atoms with van der Waals surface area (Å²) in [6, 6.07) is 15.0. The zero-order valence-corrected chi connectivity index (χ0v) is 14.1. The van der Waals surface area contributed by atoms with Gasteiger partial charge in [-0.1, -0.05) is 17.7 Å².